The molecule has 2 aromatic rings. The van der Waals surface area contributed by atoms with Crippen LogP contribution in [0, 0.1) is 6.92 Å². The zero-order valence-electron chi connectivity index (χ0n) is 14.7. The zero-order valence-corrected chi connectivity index (χ0v) is 15.5. The topological polar surface area (TPSA) is 84.9 Å². The average Bonchev–Trinajstić information content (AvgIpc) is 3.21. The number of benzene rings is 1. The van der Waals surface area contributed by atoms with Crippen molar-refractivity contribution in [1.29, 1.82) is 0 Å². The molecule has 0 bridgehead atoms. The van der Waals surface area contributed by atoms with Gasteiger partial charge in [-0.15, -0.1) is 11.3 Å². The van der Waals surface area contributed by atoms with Gasteiger partial charge in [0, 0.05) is 11.5 Å². The molecule has 26 heavy (non-hydrogen) atoms. The Morgan fingerprint density at radius 1 is 1.35 bits per heavy atom. The van der Waals surface area contributed by atoms with Crippen molar-refractivity contribution in [2.75, 3.05) is 20.3 Å². The Morgan fingerprint density at radius 2 is 2.08 bits per heavy atom. The SMILES string of the molecule is COc1ccc(-c2cc(C(=O)NC3(CC(=O)O)CCOC3)sc2C)cc1. The predicted molar refractivity (Wildman–Crippen MR) is 98.9 cm³/mol. The molecular formula is C19H21NO5S. The van der Waals surface area contributed by atoms with Gasteiger partial charge in [-0.05, 0) is 42.7 Å². The molecule has 0 saturated carbocycles. The minimum Gasteiger partial charge on any atom is -0.497 e. The number of hydrogen-bond donors (Lipinski definition) is 2. The van der Waals surface area contributed by atoms with Crippen LogP contribution in [0.5, 0.6) is 5.75 Å². The van der Waals surface area contributed by atoms with Gasteiger partial charge in [-0.2, -0.15) is 0 Å². The molecule has 1 saturated heterocycles. The lowest BCUT2D eigenvalue weighted by Gasteiger charge is -2.26. The lowest BCUT2D eigenvalue weighted by atomic mass is 9.94. The highest BCUT2D eigenvalue weighted by Crippen LogP contribution is 2.33. The minimum absolute atomic E-state index is 0.144. The van der Waals surface area contributed by atoms with Crippen molar-refractivity contribution in [3.05, 3.63) is 40.1 Å². The predicted octanol–water partition coefficient (Wildman–Crippen LogP) is 3.10. The van der Waals surface area contributed by atoms with E-state index in [-0.39, 0.29) is 18.9 Å². The van der Waals surface area contributed by atoms with Crippen LogP contribution >= 0.6 is 11.3 Å². The number of carboxylic acid groups (broad SMARTS) is 1. The van der Waals surface area contributed by atoms with Crippen molar-refractivity contribution in [3.63, 3.8) is 0 Å². The van der Waals surface area contributed by atoms with Crippen molar-refractivity contribution in [3.8, 4) is 16.9 Å². The second-order valence-electron chi connectivity index (χ2n) is 6.42. The van der Waals surface area contributed by atoms with E-state index in [4.69, 9.17) is 14.6 Å². The number of hydrogen-bond acceptors (Lipinski definition) is 5. The quantitative estimate of drug-likeness (QED) is 0.810. The van der Waals surface area contributed by atoms with Gasteiger partial charge >= 0.3 is 5.97 Å². The van der Waals surface area contributed by atoms with Crippen LogP contribution in [0.25, 0.3) is 11.1 Å². The second kappa shape index (κ2) is 7.47. The molecule has 3 rings (SSSR count). The highest BCUT2D eigenvalue weighted by Gasteiger charge is 2.39. The number of aryl methyl sites for hydroxylation is 1. The number of carboxylic acids is 1. The maximum absolute atomic E-state index is 12.7. The smallest absolute Gasteiger partial charge is 0.305 e. The third-order valence-electron chi connectivity index (χ3n) is 4.51. The molecule has 6 nitrogen and oxygen atoms in total. The summed E-state index contributed by atoms with van der Waals surface area (Å²) in [6, 6.07) is 9.51. The fraction of sp³-hybridized carbons (Fsp3) is 0.368. The monoisotopic (exact) mass is 375 g/mol. The number of carbonyl (C=O) groups excluding carboxylic acids is 1. The van der Waals surface area contributed by atoms with E-state index < -0.39 is 11.5 Å². The van der Waals surface area contributed by atoms with Gasteiger partial charge < -0.3 is 19.9 Å². The van der Waals surface area contributed by atoms with E-state index in [9.17, 15) is 9.59 Å². The Morgan fingerprint density at radius 3 is 2.65 bits per heavy atom. The molecule has 2 heterocycles. The first-order valence-corrected chi connectivity index (χ1v) is 9.11. The maximum atomic E-state index is 12.7. The molecule has 1 unspecified atom stereocenters. The summed E-state index contributed by atoms with van der Waals surface area (Å²) in [6.07, 6.45) is 0.356. The number of nitrogens with one attached hydrogen (secondary N) is 1. The first kappa shape index (κ1) is 18.4. The molecule has 1 aliphatic rings. The lowest BCUT2D eigenvalue weighted by Crippen LogP contribution is -2.50. The molecule has 1 fully saturated rings. The normalized spacial score (nSPS) is 19.3. The Balaban J connectivity index is 1.81. The molecule has 0 spiro atoms. The molecule has 7 heteroatoms. The molecule has 1 aliphatic heterocycles. The summed E-state index contributed by atoms with van der Waals surface area (Å²) in [5.74, 6) is -0.432. The van der Waals surface area contributed by atoms with Crippen LogP contribution < -0.4 is 10.1 Å². The molecular weight excluding hydrogens is 354 g/mol. The maximum Gasteiger partial charge on any atom is 0.305 e. The van der Waals surface area contributed by atoms with E-state index in [1.807, 2.05) is 37.3 Å². The summed E-state index contributed by atoms with van der Waals surface area (Å²) >= 11 is 1.40. The van der Waals surface area contributed by atoms with Gasteiger partial charge in [0.25, 0.3) is 5.91 Å². The number of aliphatic carboxylic acids is 1. The van der Waals surface area contributed by atoms with Gasteiger partial charge in [0.15, 0.2) is 0 Å². The zero-order chi connectivity index (χ0) is 18.7. The summed E-state index contributed by atoms with van der Waals surface area (Å²) in [4.78, 5) is 25.5. The molecule has 138 valence electrons. The first-order chi connectivity index (χ1) is 12.4. The number of thiophene rings is 1. The van der Waals surface area contributed by atoms with Gasteiger partial charge in [0.1, 0.15) is 5.75 Å². The van der Waals surface area contributed by atoms with Crippen molar-refractivity contribution in [2.45, 2.75) is 25.3 Å². The van der Waals surface area contributed by atoms with Crippen LogP contribution in [0.3, 0.4) is 0 Å². The molecule has 0 aliphatic carbocycles. The summed E-state index contributed by atoms with van der Waals surface area (Å²) in [5, 5.41) is 12.0. The van der Waals surface area contributed by atoms with Crippen molar-refractivity contribution >= 4 is 23.2 Å². The Labute approximate surface area is 155 Å². The van der Waals surface area contributed by atoms with E-state index in [1.54, 1.807) is 7.11 Å². The Hall–Kier alpha value is -2.38. The summed E-state index contributed by atoms with van der Waals surface area (Å²) < 4.78 is 10.5. The van der Waals surface area contributed by atoms with E-state index in [2.05, 4.69) is 5.32 Å². The van der Waals surface area contributed by atoms with Crippen LogP contribution in [0.4, 0.5) is 0 Å². The lowest BCUT2D eigenvalue weighted by molar-refractivity contribution is -0.138. The third-order valence-corrected chi connectivity index (χ3v) is 5.56. The number of methoxy groups -OCH3 is 1. The van der Waals surface area contributed by atoms with Crippen LogP contribution in [0.2, 0.25) is 0 Å². The third kappa shape index (κ3) is 3.89. The summed E-state index contributed by atoms with van der Waals surface area (Å²) in [6.45, 7) is 2.64. The molecule has 1 aromatic heterocycles. The van der Waals surface area contributed by atoms with E-state index >= 15 is 0 Å². The van der Waals surface area contributed by atoms with Gasteiger partial charge in [-0.25, -0.2) is 0 Å². The fourth-order valence-electron chi connectivity index (χ4n) is 3.13. The van der Waals surface area contributed by atoms with E-state index in [0.29, 0.717) is 17.9 Å². The summed E-state index contributed by atoms with van der Waals surface area (Å²) in [7, 11) is 1.62. The number of carbonyl (C=O) groups is 2. The fourth-order valence-corrected chi connectivity index (χ4v) is 4.07. The Kier molecular flexibility index (Phi) is 5.29. The second-order valence-corrected chi connectivity index (χ2v) is 7.67. The number of ether oxygens (including phenoxy) is 2. The van der Waals surface area contributed by atoms with Crippen LogP contribution in [-0.2, 0) is 9.53 Å². The van der Waals surface area contributed by atoms with Crippen LogP contribution in [0.1, 0.15) is 27.4 Å². The Bertz CT molecular complexity index is 806. The molecule has 1 aromatic carbocycles. The van der Waals surface area contributed by atoms with Gasteiger partial charge in [0.2, 0.25) is 0 Å². The minimum atomic E-state index is -0.947. The average molecular weight is 375 g/mol. The van der Waals surface area contributed by atoms with Crippen molar-refractivity contribution in [2.24, 2.45) is 0 Å². The highest BCUT2D eigenvalue weighted by molar-refractivity contribution is 7.14. The molecule has 0 radical (unpaired) electrons. The van der Waals surface area contributed by atoms with E-state index in [1.165, 1.54) is 11.3 Å². The summed E-state index contributed by atoms with van der Waals surface area (Å²) in [5.41, 5.74) is 1.15. The standard InChI is InChI=1S/C19H21NO5S/c1-12-15(13-3-5-14(24-2)6-4-13)9-16(26-12)18(23)20-19(10-17(21)22)7-8-25-11-19/h3-6,9H,7-8,10-11H2,1-2H3,(H,20,23)(H,21,22). The van der Waals surface area contributed by atoms with Gasteiger partial charge in [0.05, 0.1) is 30.6 Å². The van der Waals surface area contributed by atoms with E-state index in [0.717, 1.165) is 21.8 Å². The van der Waals surface area contributed by atoms with Crippen molar-refractivity contribution in [1.82, 2.24) is 5.32 Å². The largest absolute Gasteiger partial charge is 0.497 e. The molecule has 2 N–H and O–H groups in total. The van der Waals surface area contributed by atoms with Crippen LogP contribution in [0.15, 0.2) is 30.3 Å². The number of amides is 1. The molecule has 1 atom stereocenters. The van der Waals surface area contributed by atoms with Gasteiger partial charge in [-0.3, -0.25) is 9.59 Å². The van der Waals surface area contributed by atoms with Gasteiger partial charge in [-0.1, -0.05) is 12.1 Å². The highest BCUT2D eigenvalue weighted by atomic mass is 32.1. The first-order valence-electron chi connectivity index (χ1n) is 8.29. The number of rotatable bonds is 6. The van der Waals surface area contributed by atoms with Crippen LogP contribution in [-0.4, -0.2) is 42.8 Å². The van der Waals surface area contributed by atoms with Crippen molar-refractivity contribution < 1.29 is 24.2 Å². The molecule has 1 amide bonds.